The fourth-order valence-electron chi connectivity index (χ4n) is 11.5. The van der Waals surface area contributed by atoms with Crippen LogP contribution in [-0.4, -0.2) is 47.4 Å². The highest BCUT2D eigenvalue weighted by molar-refractivity contribution is 5.76. The van der Waals surface area contributed by atoms with Gasteiger partial charge in [0.1, 0.15) is 0 Å². The lowest BCUT2D eigenvalue weighted by atomic mass is 10.0. The van der Waals surface area contributed by atoms with Gasteiger partial charge in [-0.3, -0.25) is 9.59 Å². The lowest BCUT2D eigenvalue weighted by molar-refractivity contribution is -0.143. The zero-order chi connectivity index (χ0) is 57.1. The van der Waals surface area contributed by atoms with E-state index in [-0.39, 0.29) is 18.5 Å². The molecule has 2 unspecified atom stereocenters. The Hall–Kier alpha value is -1.66. The van der Waals surface area contributed by atoms with Crippen molar-refractivity contribution >= 4 is 11.9 Å². The molecule has 0 aromatic carbocycles. The van der Waals surface area contributed by atoms with E-state index in [0.717, 1.165) is 38.5 Å². The van der Waals surface area contributed by atoms with Crippen LogP contribution in [0.25, 0.3) is 0 Å². The van der Waals surface area contributed by atoms with Gasteiger partial charge in [0, 0.05) is 12.8 Å². The molecule has 0 bridgehead atoms. The maximum Gasteiger partial charge on any atom is 0.305 e. The van der Waals surface area contributed by atoms with E-state index in [4.69, 9.17) is 4.74 Å². The summed E-state index contributed by atoms with van der Waals surface area (Å²) in [6.45, 7) is 4.95. The number of rotatable bonds is 68. The van der Waals surface area contributed by atoms with Gasteiger partial charge < -0.3 is 20.3 Å². The van der Waals surface area contributed by atoms with Gasteiger partial charge in [0.2, 0.25) is 5.91 Å². The molecule has 79 heavy (non-hydrogen) atoms. The van der Waals surface area contributed by atoms with E-state index in [9.17, 15) is 19.8 Å². The zero-order valence-electron chi connectivity index (χ0n) is 53.6. The Labute approximate surface area is 494 Å². The summed E-state index contributed by atoms with van der Waals surface area (Å²) < 4.78 is 5.49. The molecule has 0 saturated heterocycles. The third kappa shape index (κ3) is 65.4. The van der Waals surface area contributed by atoms with Crippen LogP contribution in [0.3, 0.4) is 0 Å². The first-order valence-electron chi connectivity index (χ1n) is 36.1. The van der Waals surface area contributed by atoms with Crippen molar-refractivity contribution in [1.29, 1.82) is 0 Å². The van der Waals surface area contributed by atoms with Crippen LogP contribution in [0.4, 0.5) is 0 Å². The molecule has 6 nitrogen and oxygen atoms in total. The van der Waals surface area contributed by atoms with Crippen LogP contribution >= 0.6 is 0 Å². The van der Waals surface area contributed by atoms with Crippen LogP contribution in [0.5, 0.6) is 0 Å². The van der Waals surface area contributed by atoms with Crippen molar-refractivity contribution in [2.75, 3.05) is 13.2 Å². The van der Waals surface area contributed by atoms with Crippen molar-refractivity contribution in [3.05, 3.63) is 24.3 Å². The van der Waals surface area contributed by atoms with E-state index < -0.39 is 12.1 Å². The number of amides is 1. The van der Waals surface area contributed by atoms with E-state index in [1.807, 2.05) is 6.08 Å². The van der Waals surface area contributed by atoms with Crippen LogP contribution < -0.4 is 5.32 Å². The fourth-order valence-corrected chi connectivity index (χ4v) is 11.5. The largest absolute Gasteiger partial charge is 0.466 e. The second-order valence-corrected chi connectivity index (χ2v) is 24.9. The summed E-state index contributed by atoms with van der Waals surface area (Å²) in [6, 6.07) is -0.631. The molecule has 0 aliphatic rings. The van der Waals surface area contributed by atoms with Gasteiger partial charge in [-0.05, 0) is 57.8 Å². The van der Waals surface area contributed by atoms with Gasteiger partial charge in [-0.25, -0.2) is 0 Å². The summed E-state index contributed by atoms with van der Waals surface area (Å²) in [4.78, 5) is 24.6. The smallest absolute Gasteiger partial charge is 0.305 e. The summed E-state index contributed by atoms with van der Waals surface area (Å²) in [5, 5.41) is 23.3. The number of allylic oxidation sites excluding steroid dienone is 3. The second kappa shape index (κ2) is 68.8. The first-order valence-corrected chi connectivity index (χ1v) is 36.1. The molecule has 2 atom stereocenters. The van der Waals surface area contributed by atoms with Crippen molar-refractivity contribution in [1.82, 2.24) is 5.32 Å². The monoisotopic (exact) mass is 1110 g/mol. The minimum atomic E-state index is -0.848. The number of aliphatic hydroxyl groups is 2. The molecule has 0 fully saturated rings. The van der Waals surface area contributed by atoms with Crippen molar-refractivity contribution in [3.63, 3.8) is 0 Å². The molecule has 0 aliphatic heterocycles. The highest BCUT2D eigenvalue weighted by atomic mass is 16.5. The van der Waals surface area contributed by atoms with Gasteiger partial charge in [-0.1, -0.05) is 359 Å². The Morgan fingerprint density at radius 3 is 0.899 bits per heavy atom. The summed E-state index contributed by atoms with van der Waals surface area (Å²) >= 11 is 0. The number of unbranched alkanes of at least 4 members (excludes halogenated alkanes) is 55. The van der Waals surface area contributed by atoms with Gasteiger partial charge in [0.05, 0.1) is 25.4 Å². The van der Waals surface area contributed by atoms with Crippen LogP contribution in [0.2, 0.25) is 0 Å². The second-order valence-electron chi connectivity index (χ2n) is 24.9. The molecular formula is C73H141NO5. The molecule has 0 aromatic rings. The van der Waals surface area contributed by atoms with Gasteiger partial charge in [-0.15, -0.1) is 0 Å². The molecule has 0 heterocycles. The number of ether oxygens (including phenoxy) is 1. The number of carbonyl (C=O) groups is 2. The Morgan fingerprint density at radius 2 is 0.595 bits per heavy atom. The molecule has 0 aromatic heterocycles. The summed E-state index contributed by atoms with van der Waals surface area (Å²) in [7, 11) is 0. The quantitative estimate of drug-likeness (QED) is 0.0320. The van der Waals surface area contributed by atoms with Gasteiger partial charge in [-0.2, -0.15) is 0 Å². The molecule has 6 heteroatoms. The average Bonchev–Trinajstić information content (AvgIpc) is 3.45. The molecule has 0 rings (SSSR count). The van der Waals surface area contributed by atoms with Crippen molar-refractivity contribution in [2.45, 2.75) is 418 Å². The average molecular weight is 1110 g/mol. The number of aliphatic hydroxyl groups excluding tert-OH is 2. The third-order valence-corrected chi connectivity index (χ3v) is 17.0. The van der Waals surface area contributed by atoms with E-state index in [0.29, 0.717) is 19.4 Å². The van der Waals surface area contributed by atoms with E-state index in [2.05, 4.69) is 31.3 Å². The van der Waals surface area contributed by atoms with Crippen molar-refractivity contribution in [2.24, 2.45) is 0 Å². The standard InChI is InChI=1S/C73H141NO5/c1-3-5-7-9-11-13-15-17-19-20-21-22-26-29-32-35-38-41-45-49-53-57-61-65-71(76)70(69-75)74-72(77)66-62-58-54-50-46-42-39-36-33-30-27-24-23-25-28-31-34-37-40-44-48-52-56-60-64-68-79-73(78)67-63-59-55-51-47-43-18-16-14-12-10-8-6-4-2/h24,27,61,65,70-71,75-76H,3-23,25-26,28-60,62-64,66-69H2,1-2H3,(H,74,77)/b27-24-,65-61+. The number of carbonyl (C=O) groups excluding carboxylic acids is 2. The lowest BCUT2D eigenvalue weighted by Gasteiger charge is -2.20. The van der Waals surface area contributed by atoms with Crippen molar-refractivity contribution in [3.8, 4) is 0 Å². The maximum atomic E-state index is 12.5. The molecule has 468 valence electrons. The number of esters is 1. The topological polar surface area (TPSA) is 95.9 Å². The van der Waals surface area contributed by atoms with E-state index in [1.165, 1.54) is 340 Å². The molecule has 1 amide bonds. The Kier molecular flexibility index (Phi) is 67.4. The Morgan fingerprint density at radius 1 is 0.342 bits per heavy atom. The summed E-state index contributed by atoms with van der Waals surface area (Å²) in [5.74, 6) is -0.0504. The maximum absolute atomic E-state index is 12.5. The van der Waals surface area contributed by atoms with Crippen molar-refractivity contribution < 1.29 is 24.5 Å². The van der Waals surface area contributed by atoms with Gasteiger partial charge >= 0.3 is 5.97 Å². The van der Waals surface area contributed by atoms with Crippen LogP contribution in [0, 0.1) is 0 Å². The van der Waals surface area contributed by atoms with Crippen LogP contribution in [0.15, 0.2) is 24.3 Å². The molecule has 0 radical (unpaired) electrons. The first-order chi connectivity index (χ1) is 39.0. The number of hydrogen-bond donors (Lipinski definition) is 3. The predicted molar refractivity (Wildman–Crippen MR) is 347 cm³/mol. The minimum absolute atomic E-state index is 0.0161. The highest BCUT2D eigenvalue weighted by Crippen LogP contribution is 2.19. The SMILES string of the molecule is CCCCCCCCCCCCCCCCCCCCCCC/C=C/C(O)C(CO)NC(=O)CCCCCCCCCCC/C=C\CCCCCCCCCCCCCCOC(=O)CCCCCCCCCCCCCCCC. The summed E-state index contributed by atoms with van der Waals surface area (Å²) in [6.07, 6.45) is 86.9. The third-order valence-electron chi connectivity index (χ3n) is 17.0. The minimum Gasteiger partial charge on any atom is -0.466 e. The highest BCUT2D eigenvalue weighted by Gasteiger charge is 2.18. The zero-order valence-corrected chi connectivity index (χ0v) is 53.6. The van der Waals surface area contributed by atoms with Gasteiger partial charge in [0.15, 0.2) is 0 Å². The Balaban J connectivity index is 3.42. The fraction of sp³-hybridized carbons (Fsp3) is 0.918. The molecule has 0 saturated carbocycles. The van der Waals surface area contributed by atoms with Gasteiger partial charge in [0.25, 0.3) is 0 Å². The molecular weight excluding hydrogens is 971 g/mol. The predicted octanol–water partition coefficient (Wildman–Crippen LogP) is 23.3. The molecule has 0 aliphatic carbocycles. The lowest BCUT2D eigenvalue weighted by Crippen LogP contribution is -2.45. The number of hydrogen-bond acceptors (Lipinski definition) is 5. The van der Waals surface area contributed by atoms with Crippen LogP contribution in [-0.2, 0) is 14.3 Å². The normalized spacial score (nSPS) is 12.6. The number of nitrogens with one attached hydrogen (secondary N) is 1. The molecule has 0 spiro atoms. The first kappa shape index (κ1) is 77.3. The summed E-state index contributed by atoms with van der Waals surface area (Å²) in [5.41, 5.74) is 0. The Bertz CT molecular complexity index is 1230. The van der Waals surface area contributed by atoms with Crippen LogP contribution in [0.1, 0.15) is 406 Å². The molecule has 3 N–H and O–H groups in total. The van der Waals surface area contributed by atoms with E-state index >= 15 is 0 Å². The van der Waals surface area contributed by atoms with E-state index in [1.54, 1.807) is 6.08 Å².